The Hall–Kier alpha value is -3.13. The van der Waals surface area contributed by atoms with Crippen LogP contribution in [-0.4, -0.2) is 9.78 Å². The van der Waals surface area contributed by atoms with Gasteiger partial charge in [-0.1, -0.05) is 54.6 Å². The molecule has 0 atom stereocenters. The van der Waals surface area contributed by atoms with Crippen molar-refractivity contribution in [1.29, 1.82) is 0 Å². The number of nitrogens with zero attached hydrogens (tertiary/aromatic N) is 2. The molecule has 0 spiro atoms. The third-order valence-electron chi connectivity index (χ3n) is 4.50. The summed E-state index contributed by atoms with van der Waals surface area (Å²) < 4.78 is 1.91. The van der Waals surface area contributed by atoms with E-state index in [1.165, 1.54) is 32.3 Å². The van der Waals surface area contributed by atoms with Crippen LogP contribution in [0.2, 0.25) is 0 Å². The van der Waals surface area contributed by atoms with Gasteiger partial charge in [0.1, 0.15) is 0 Å². The van der Waals surface area contributed by atoms with E-state index >= 15 is 0 Å². The molecular formula is C21H14N2. The molecule has 1 heterocycles. The molecule has 0 bridgehead atoms. The molecule has 0 saturated carbocycles. The minimum Gasteiger partial charge on any atom is -0.241 e. The van der Waals surface area contributed by atoms with E-state index < -0.39 is 0 Å². The standard InChI is InChI=1S/C21H14N2/c1-2-8-18-16(6-1)17-7-3-4-9-19(17)21-14-15(10-11-20(18)21)23-13-5-12-22-23/h1-14H. The zero-order valence-corrected chi connectivity index (χ0v) is 12.5. The molecule has 5 rings (SSSR count). The molecule has 0 N–H and O–H groups in total. The minimum atomic E-state index is 1.09. The summed E-state index contributed by atoms with van der Waals surface area (Å²) in [4.78, 5) is 0. The molecule has 0 radical (unpaired) electrons. The molecule has 2 heteroatoms. The number of benzene rings is 4. The number of rotatable bonds is 1. The molecule has 5 aromatic rings. The zero-order chi connectivity index (χ0) is 15.2. The Morgan fingerprint density at radius 3 is 1.70 bits per heavy atom. The van der Waals surface area contributed by atoms with Crippen molar-refractivity contribution >= 4 is 32.3 Å². The van der Waals surface area contributed by atoms with Crippen molar-refractivity contribution < 1.29 is 0 Å². The molecular weight excluding hydrogens is 280 g/mol. The second-order valence-corrected chi connectivity index (χ2v) is 5.77. The summed E-state index contributed by atoms with van der Waals surface area (Å²) in [6.45, 7) is 0. The van der Waals surface area contributed by atoms with Gasteiger partial charge in [0, 0.05) is 12.4 Å². The second kappa shape index (κ2) is 4.68. The van der Waals surface area contributed by atoms with Gasteiger partial charge in [-0.25, -0.2) is 4.68 Å². The van der Waals surface area contributed by atoms with Crippen LogP contribution in [0.5, 0.6) is 0 Å². The predicted molar refractivity (Wildman–Crippen MR) is 96.1 cm³/mol. The van der Waals surface area contributed by atoms with E-state index in [1.807, 2.05) is 23.1 Å². The largest absolute Gasteiger partial charge is 0.241 e. The Morgan fingerprint density at radius 1 is 0.565 bits per heavy atom. The van der Waals surface area contributed by atoms with Gasteiger partial charge in [0.25, 0.3) is 0 Å². The highest BCUT2D eigenvalue weighted by atomic mass is 15.3. The van der Waals surface area contributed by atoms with Crippen molar-refractivity contribution in [2.45, 2.75) is 0 Å². The molecule has 0 aliphatic rings. The lowest BCUT2D eigenvalue weighted by molar-refractivity contribution is 0.882. The van der Waals surface area contributed by atoms with Gasteiger partial charge in [-0.2, -0.15) is 5.10 Å². The van der Waals surface area contributed by atoms with Crippen molar-refractivity contribution in [2.24, 2.45) is 0 Å². The van der Waals surface area contributed by atoms with Gasteiger partial charge in [-0.05, 0) is 50.5 Å². The van der Waals surface area contributed by atoms with Crippen molar-refractivity contribution in [3.8, 4) is 5.69 Å². The van der Waals surface area contributed by atoms with E-state index in [0.717, 1.165) is 5.69 Å². The van der Waals surface area contributed by atoms with Crippen LogP contribution in [0.3, 0.4) is 0 Å². The molecule has 0 aliphatic carbocycles. The Bertz CT molecular complexity index is 1120. The summed E-state index contributed by atoms with van der Waals surface area (Å²) >= 11 is 0. The lowest BCUT2D eigenvalue weighted by Gasteiger charge is -2.11. The first-order chi connectivity index (χ1) is 11.4. The first kappa shape index (κ1) is 12.4. The van der Waals surface area contributed by atoms with E-state index in [-0.39, 0.29) is 0 Å². The maximum atomic E-state index is 4.35. The minimum absolute atomic E-state index is 1.09. The summed E-state index contributed by atoms with van der Waals surface area (Å²) in [7, 11) is 0. The maximum absolute atomic E-state index is 4.35. The molecule has 0 saturated heterocycles. The number of hydrogen-bond donors (Lipinski definition) is 0. The van der Waals surface area contributed by atoms with E-state index in [2.05, 4.69) is 71.8 Å². The van der Waals surface area contributed by atoms with Gasteiger partial charge in [0.15, 0.2) is 0 Å². The van der Waals surface area contributed by atoms with Gasteiger partial charge in [-0.3, -0.25) is 0 Å². The maximum Gasteiger partial charge on any atom is 0.0652 e. The van der Waals surface area contributed by atoms with Crippen molar-refractivity contribution in [1.82, 2.24) is 9.78 Å². The fraction of sp³-hybridized carbons (Fsp3) is 0. The third kappa shape index (κ3) is 1.78. The third-order valence-corrected chi connectivity index (χ3v) is 4.50. The fourth-order valence-corrected chi connectivity index (χ4v) is 3.46. The first-order valence-corrected chi connectivity index (χ1v) is 7.75. The van der Waals surface area contributed by atoms with Gasteiger partial charge in [0.05, 0.1) is 5.69 Å². The van der Waals surface area contributed by atoms with Crippen molar-refractivity contribution in [3.05, 3.63) is 85.2 Å². The lowest BCUT2D eigenvalue weighted by atomic mass is 9.94. The highest BCUT2D eigenvalue weighted by molar-refractivity contribution is 6.25. The summed E-state index contributed by atoms with van der Waals surface area (Å²) in [6, 6.07) is 25.8. The van der Waals surface area contributed by atoms with E-state index in [0.29, 0.717) is 0 Å². The van der Waals surface area contributed by atoms with Gasteiger partial charge >= 0.3 is 0 Å². The van der Waals surface area contributed by atoms with Crippen LogP contribution in [0.1, 0.15) is 0 Å². The lowest BCUT2D eigenvalue weighted by Crippen LogP contribution is -1.94. The normalized spacial score (nSPS) is 11.5. The highest BCUT2D eigenvalue weighted by Gasteiger charge is 2.09. The average Bonchev–Trinajstić information content (AvgIpc) is 3.16. The van der Waals surface area contributed by atoms with Gasteiger partial charge < -0.3 is 0 Å². The molecule has 4 aromatic carbocycles. The van der Waals surface area contributed by atoms with Crippen LogP contribution >= 0.6 is 0 Å². The smallest absolute Gasteiger partial charge is 0.0652 e. The van der Waals surface area contributed by atoms with Crippen LogP contribution < -0.4 is 0 Å². The molecule has 0 fully saturated rings. The summed E-state index contributed by atoms with van der Waals surface area (Å²) in [5.41, 5.74) is 1.09. The monoisotopic (exact) mass is 294 g/mol. The quantitative estimate of drug-likeness (QED) is 0.382. The molecule has 0 aliphatic heterocycles. The highest BCUT2D eigenvalue weighted by Crippen LogP contribution is 2.35. The average molecular weight is 294 g/mol. The van der Waals surface area contributed by atoms with E-state index in [9.17, 15) is 0 Å². The van der Waals surface area contributed by atoms with E-state index in [1.54, 1.807) is 0 Å². The number of aromatic nitrogens is 2. The Labute approximate surface area is 133 Å². The second-order valence-electron chi connectivity index (χ2n) is 5.77. The number of fused-ring (bicyclic) bond motifs is 6. The summed E-state index contributed by atoms with van der Waals surface area (Å²) in [5, 5.41) is 12.1. The Balaban J connectivity index is 2.00. The van der Waals surface area contributed by atoms with Gasteiger partial charge in [0.2, 0.25) is 0 Å². The van der Waals surface area contributed by atoms with Gasteiger partial charge in [-0.15, -0.1) is 0 Å². The Kier molecular flexibility index (Phi) is 2.53. The number of hydrogen-bond acceptors (Lipinski definition) is 1. The van der Waals surface area contributed by atoms with Crippen molar-refractivity contribution in [3.63, 3.8) is 0 Å². The van der Waals surface area contributed by atoms with E-state index in [4.69, 9.17) is 0 Å². The van der Waals surface area contributed by atoms with Crippen molar-refractivity contribution in [2.75, 3.05) is 0 Å². The zero-order valence-electron chi connectivity index (χ0n) is 12.5. The fourth-order valence-electron chi connectivity index (χ4n) is 3.46. The first-order valence-electron chi connectivity index (χ1n) is 7.75. The summed E-state index contributed by atoms with van der Waals surface area (Å²) in [6.07, 6.45) is 3.78. The summed E-state index contributed by atoms with van der Waals surface area (Å²) in [5.74, 6) is 0. The molecule has 0 amide bonds. The van der Waals surface area contributed by atoms with Crippen LogP contribution in [0.4, 0.5) is 0 Å². The predicted octanol–water partition coefficient (Wildman–Crippen LogP) is 5.33. The molecule has 108 valence electrons. The van der Waals surface area contributed by atoms with Crippen LogP contribution in [0.25, 0.3) is 38.0 Å². The molecule has 0 unspecified atom stereocenters. The Morgan fingerprint density at radius 2 is 1.13 bits per heavy atom. The topological polar surface area (TPSA) is 17.8 Å². The van der Waals surface area contributed by atoms with Crippen LogP contribution in [0, 0.1) is 0 Å². The van der Waals surface area contributed by atoms with Crippen LogP contribution in [-0.2, 0) is 0 Å². The molecule has 1 aromatic heterocycles. The molecule has 2 nitrogen and oxygen atoms in total. The molecule has 23 heavy (non-hydrogen) atoms. The van der Waals surface area contributed by atoms with Crippen LogP contribution in [0.15, 0.2) is 85.2 Å². The SMILES string of the molecule is c1ccc2c(c1)c1ccccc1c1cc(-n3cccn3)ccc21.